The molecule has 0 spiro atoms. The van der Waals surface area contributed by atoms with Gasteiger partial charge in [0.1, 0.15) is 0 Å². The van der Waals surface area contributed by atoms with Crippen molar-refractivity contribution >= 4 is 17.7 Å². The maximum absolute atomic E-state index is 10.9. The number of aliphatic hydroxyl groups is 1. The molecule has 16 heavy (non-hydrogen) atoms. The van der Waals surface area contributed by atoms with Gasteiger partial charge in [-0.25, -0.2) is 4.79 Å². The van der Waals surface area contributed by atoms with E-state index < -0.39 is 0 Å². The molecule has 0 aliphatic carbocycles. The number of hydrogen-bond donors (Lipinski definition) is 2. The summed E-state index contributed by atoms with van der Waals surface area (Å²) in [5.74, 6) is 1.73. The number of thioether (sulfide) groups is 1. The summed E-state index contributed by atoms with van der Waals surface area (Å²) in [5, 5.41) is 11.7. The second-order valence-electron chi connectivity index (χ2n) is 3.05. The molecular weight excluding hydrogens is 226 g/mol. The molecule has 0 rings (SSSR count). The van der Waals surface area contributed by atoms with Gasteiger partial charge in [-0.1, -0.05) is 6.08 Å². The van der Waals surface area contributed by atoms with E-state index in [1.54, 1.807) is 13.0 Å². The summed E-state index contributed by atoms with van der Waals surface area (Å²) in [6, 6.07) is 0. The summed E-state index contributed by atoms with van der Waals surface area (Å²) < 4.78 is 4.73. The first-order valence-electron chi connectivity index (χ1n) is 5.53. The van der Waals surface area contributed by atoms with Crippen molar-refractivity contribution in [3.63, 3.8) is 0 Å². The molecule has 0 saturated carbocycles. The van der Waals surface area contributed by atoms with Gasteiger partial charge >= 0.3 is 5.97 Å². The Balaban J connectivity index is 3.17. The van der Waals surface area contributed by atoms with Crippen LogP contribution in [0.15, 0.2) is 12.2 Å². The summed E-state index contributed by atoms with van der Waals surface area (Å²) in [6.07, 6.45) is 4.05. The molecule has 0 fully saturated rings. The van der Waals surface area contributed by atoms with Crippen molar-refractivity contribution in [2.75, 3.05) is 37.8 Å². The third-order valence-electron chi connectivity index (χ3n) is 1.67. The fraction of sp³-hybridized carbons (Fsp3) is 0.727. The quantitative estimate of drug-likeness (QED) is 0.340. The van der Waals surface area contributed by atoms with Gasteiger partial charge in [-0.05, 0) is 19.1 Å². The zero-order chi connectivity index (χ0) is 12.1. The number of carbonyl (C=O) groups is 1. The highest BCUT2D eigenvalue weighted by Crippen LogP contribution is 1.99. The average Bonchev–Trinajstić information content (AvgIpc) is 2.27. The third kappa shape index (κ3) is 11.6. The average molecular weight is 247 g/mol. The minimum Gasteiger partial charge on any atom is -0.463 e. The number of esters is 1. The Morgan fingerprint density at radius 2 is 2.31 bits per heavy atom. The monoisotopic (exact) mass is 247 g/mol. The second kappa shape index (κ2) is 12.5. The molecule has 0 aromatic rings. The Morgan fingerprint density at radius 3 is 3.00 bits per heavy atom. The molecule has 0 aliphatic heterocycles. The number of aliphatic hydroxyl groups excluding tert-OH is 1. The SMILES string of the molecule is CCOC(=O)/C=C/CNCCSCCCO. The Labute approximate surface area is 101 Å². The molecule has 0 saturated heterocycles. The lowest BCUT2D eigenvalue weighted by atomic mass is 10.5. The highest BCUT2D eigenvalue weighted by Gasteiger charge is 1.92. The lowest BCUT2D eigenvalue weighted by molar-refractivity contribution is -0.137. The predicted octanol–water partition coefficient (Wildman–Crippen LogP) is 0.811. The molecule has 0 bridgehead atoms. The van der Waals surface area contributed by atoms with Crippen LogP contribution in [-0.2, 0) is 9.53 Å². The Kier molecular flexibility index (Phi) is 12.1. The first-order chi connectivity index (χ1) is 7.81. The van der Waals surface area contributed by atoms with Crippen LogP contribution in [0, 0.1) is 0 Å². The topological polar surface area (TPSA) is 58.6 Å². The minimum atomic E-state index is -0.290. The van der Waals surface area contributed by atoms with Crippen molar-refractivity contribution in [1.82, 2.24) is 5.32 Å². The van der Waals surface area contributed by atoms with Crippen LogP contribution in [0.25, 0.3) is 0 Å². The van der Waals surface area contributed by atoms with E-state index in [0.717, 1.165) is 24.5 Å². The van der Waals surface area contributed by atoms with E-state index in [1.807, 2.05) is 11.8 Å². The molecule has 0 radical (unpaired) electrons. The normalized spacial score (nSPS) is 10.9. The van der Waals surface area contributed by atoms with Gasteiger partial charge < -0.3 is 15.2 Å². The fourth-order valence-electron chi connectivity index (χ4n) is 0.944. The van der Waals surface area contributed by atoms with E-state index in [4.69, 9.17) is 9.84 Å². The van der Waals surface area contributed by atoms with Crippen LogP contribution < -0.4 is 5.32 Å². The molecule has 0 unspecified atom stereocenters. The molecule has 0 atom stereocenters. The molecule has 0 amide bonds. The maximum Gasteiger partial charge on any atom is 0.330 e. The Bertz CT molecular complexity index is 198. The summed E-state index contributed by atoms with van der Waals surface area (Å²) in [4.78, 5) is 10.9. The number of nitrogens with one attached hydrogen (secondary N) is 1. The van der Waals surface area contributed by atoms with Crippen molar-refractivity contribution in [2.24, 2.45) is 0 Å². The molecule has 0 aromatic heterocycles. The van der Waals surface area contributed by atoms with Crippen molar-refractivity contribution in [1.29, 1.82) is 0 Å². The Hall–Kier alpha value is -0.520. The van der Waals surface area contributed by atoms with Crippen LogP contribution in [0.4, 0.5) is 0 Å². The van der Waals surface area contributed by atoms with E-state index in [0.29, 0.717) is 13.2 Å². The number of rotatable bonds is 10. The third-order valence-corrected chi connectivity index (χ3v) is 2.74. The van der Waals surface area contributed by atoms with Gasteiger partial charge in [-0.2, -0.15) is 11.8 Å². The van der Waals surface area contributed by atoms with Crippen molar-refractivity contribution < 1.29 is 14.6 Å². The highest BCUT2D eigenvalue weighted by atomic mass is 32.2. The molecule has 94 valence electrons. The van der Waals surface area contributed by atoms with Crippen molar-refractivity contribution in [3.8, 4) is 0 Å². The smallest absolute Gasteiger partial charge is 0.330 e. The lowest BCUT2D eigenvalue weighted by Gasteiger charge is -2.01. The van der Waals surface area contributed by atoms with E-state index in [2.05, 4.69) is 5.32 Å². The fourth-order valence-corrected chi connectivity index (χ4v) is 1.77. The first-order valence-corrected chi connectivity index (χ1v) is 6.69. The maximum atomic E-state index is 10.9. The van der Waals surface area contributed by atoms with E-state index in [-0.39, 0.29) is 12.6 Å². The largest absolute Gasteiger partial charge is 0.463 e. The molecule has 0 heterocycles. The first kappa shape index (κ1) is 15.5. The summed E-state index contributed by atoms with van der Waals surface area (Å²) in [6.45, 7) is 4.05. The van der Waals surface area contributed by atoms with Crippen LogP contribution in [0.2, 0.25) is 0 Å². The van der Waals surface area contributed by atoms with Gasteiger partial charge in [0.05, 0.1) is 6.61 Å². The Morgan fingerprint density at radius 1 is 1.50 bits per heavy atom. The van der Waals surface area contributed by atoms with Gasteiger partial charge in [0.15, 0.2) is 0 Å². The number of ether oxygens (including phenoxy) is 1. The molecule has 0 aliphatic rings. The molecule has 5 heteroatoms. The zero-order valence-corrected chi connectivity index (χ0v) is 10.6. The van der Waals surface area contributed by atoms with Crippen LogP contribution in [0.1, 0.15) is 13.3 Å². The van der Waals surface area contributed by atoms with E-state index in [1.165, 1.54) is 6.08 Å². The number of hydrogen-bond acceptors (Lipinski definition) is 5. The summed E-state index contributed by atoms with van der Waals surface area (Å²) >= 11 is 1.81. The van der Waals surface area contributed by atoms with Gasteiger partial charge in [0.2, 0.25) is 0 Å². The van der Waals surface area contributed by atoms with Crippen LogP contribution in [0.5, 0.6) is 0 Å². The van der Waals surface area contributed by atoms with Crippen molar-refractivity contribution in [2.45, 2.75) is 13.3 Å². The highest BCUT2D eigenvalue weighted by molar-refractivity contribution is 7.99. The second-order valence-corrected chi connectivity index (χ2v) is 4.27. The summed E-state index contributed by atoms with van der Waals surface area (Å²) in [7, 11) is 0. The van der Waals surface area contributed by atoms with Crippen molar-refractivity contribution in [3.05, 3.63) is 12.2 Å². The zero-order valence-electron chi connectivity index (χ0n) is 9.78. The van der Waals surface area contributed by atoms with E-state index >= 15 is 0 Å². The minimum absolute atomic E-state index is 0.267. The predicted molar refractivity (Wildman–Crippen MR) is 67.7 cm³/mol. The molecule has 0 aromatic carbocycles. The van der Waals surface area contributed by atoms with Gasteiger partial charge in [-0.15, -0.1) is 0 Å². The van der Waals surface area contributed by atoms with Crippen LogP contribution in [-0.4, -0.2) is 48.9 Å². The molecule has 2 N–H and O–H groups in total. The van der Waals surface area contributed by atoms with Crippen LogP contribution >= 0.6 is 11.8 Å². The molecular formula is C11H21NO3S. The van der Waals surface area contributed by atoms with Gasteiger partial charge in [0, 0.05) is 31.5 Å². The van der Waals surface area contributed by atoms with Crippen LogP contribution in [0.3, 0.4) is 0 Å². The van der Waals surface area contributed by atoms with E-state index in [9.17, 15) is 4.79 Å². The molecule has 4 nitrogen and oxygen atoms in total. The van der Waals surface area contributed by atoms with Gasteiger partial charge in [0.25, 0.3) is 0 Å². The summed E-state index contributed by atoms with van der Waals surface area (Å²) in [5.41, 5.74) is 0. The standard InChI is InChI=1S/C11H21NO3S/c1-2-15-11(14)5-3-6-12-7-10-16-9-4-8-13/h3,5,12-13H,2,4,6-10H2,1H3/b5-3+. The lowest BCUT2D eigenvalue weighted by Crippen LogP contribution is -2.17. The number of carbonyl (C=O) groups excluding carboxylic acids is 1. The van der Waals surface area contributed by atoms with Gasteiger partial charge in [-0.3, -0.25) is 0 Å².